The second-order valence-electron chi connectivity index (χ2n) is 10.6. The summed E-state index contributed by atoms with van der Waals surface area (Å²) < 4.78 is 15.6. The van der Waals surface area contributed by atoms with Crippen LogP contribution in [0.3, 0.4) is 0 Å². The number of piperidine rings is 4. The van der Waals surface area contributed by atoms with Gasteiger partial charge in [-0.1, -0.05) is 18.6 Å². The molecule has 186 valence electrons. The van der Waals surface area contributed by atoms with Crippen LogP contribution >= 0.6 is 0 Å². The number of para-hydroxylation sites is 2. The fraction of sp³-hybridized carbons (Fsp3) is 0.429. The van der Waals surface area contributed by atoms with Crippen molar-refractivity contribution in [3.8, 4) is 11.4 Å². The number of H-pyrrole nitrogens is 2. The molecule has 36 heavy (non-hydrogen) atoms. The van der Waals surface area contributed by atoms with Crippen molar-refractivity contribution >= 4 is 27.6 Å². The van der Waals surface area contributed by atoms with Crippen molar-refractivity contribution in [1.82, 2.24) is 25.2 Å². The van der Waals surface area contributed by atoms with Crippen LogP contribution in [0.15, 0.2) is 41.2 Å². The summed E-state index contributed by atoms with van der Waals surface area (Å²) in [6, 6.07) is 11.4. The Balaban J connectivity index is 1.41. The number of aromatic nitrogens is 3. The van der Waals surface area contributed by atoms with Gasteiger partial charge in [-0.25, -0.2) is 9.37 Å². The Labute approximate surface area is 208 Å². The zero-order valence-corrected chi connectivity index (χ0v) is 20.2. The molecule has 8 heteroatoms. The first-order valence-electron chi connectivity index (χ1n) is 13.2. The standard InChI is InChI=1S/C28H31FN6O/c29-19-13-18-23(14-17(19)20-5-3-4-10-30-20)34-28(36)25(27-32-21-6-1-2-7-22(21)33-27)26(18)31-24-15-35-11-8-16(24)9-12-35/h1-2,6-7,13-14,16,20,24,30H,3-5,8-12,15H2,(H,32,33)(H2,31,34,36)/t20?,24-/m1/s1. The van der Waals surface area contributed by atoms with Gasteiger partial charge in [0, 0.05) is 29.6 Å². The van der Waals surface area contributed by atoms with E-state index in [2.05, 4.69) is 25.5 Å². The highest BCUT2D eigenvalue weighted by Crippen LogP contribution is 2.37. The van der Waals surface area contributed by atoms with Crippen molar-refractivity contribution in [2.75, 3.05) is 31.5 Å². The lowest BCUT2D eigenvalue weighted by atomic mass is 9.83. The van der Waals surface area contributed by atoms with Crippen LogP contribution in [0.1, 0.15) is 43.7 Å². The first kappa shape index (κ1) is 22.0. The number of anilines is 1. The van der Waals surface area contributed by atoms with E-state index < -0.39 is 0 Å². The average Bonchev–Trinajstić information content (AvgIpc) is 3.34. The summed E-state index contributed by atoms with van der Waals surface area (Å²) in [5, 5.41) is 7.86. The maximum absolute atomic E-state index is 15.6. The molecule has 4 saturated heterocycles. The molecule has 2 aromatic heterocycles. The molecular weight excluding hydrogens is 455 g/mol. The van der Waals surface area contributed by atoms with E-state index in [1.54, 1.807) is 6.07 Å². The number of nitrogens with one attached hydrogen (secondary N) is 4. The summed E-state index contributed by atoms with van der Waals surface area (Å²) in [5.74, 6) is 0.812. The summed E-state index contributed by atoms with van der Waals surface area (Å²) in [4.78, 5) is 27.2. The largest absolute Gasteiger partial charge is 0.379 e. The smallest absolute Gasteiger partial charge is 0.261 e. The van der Waals surface area contributed by atoms with Gasteiger partial charge in [-0.3, -0.25) is 4.79 Å². The number of aromatic amines is 2. The summed E-state index contributed by atoms with van der Waals surface area (Å²) in [7, 11) is 0. The third kappa shape index (κ3) is 3.71. The maximum Gasteiger partial charge on any atom is 0.261 e. The first-order valence-corrected chi connectivity index (χ1v) is 13.2. The number of hydrogen-bond acceptors (Lipinski definition) is 5. The molecule has 0 saturated carbocycles. The van der Waals surface area contributed by atoms with Crippen LogP contribution in [0, 0.1) is 11.7 Å². The second-order valence-corrected chi connectivity index (χ2v) is 10.6. The normalized spacial score (nSPS) is 26.0. The Morgan fingerprint density at radius 1 is 1.03 bits per heavy atom. The minimum absolute atomic E-state index is 0.0278. The predicted molar refractivity (Wildman–Crippen MR) is 141 cm³/mol. The van der Waals surface area contributed by atoms with Crippen LogP contribution in [0.5, 0.6) is 0 Å². The molecule has 8 rings (SSSR count). The van der Waals surface area contributed by atoms with Gasteiger partial charge in [-0.2, -0.15) is 0 Å². The zero-order valence-electron chi connectivity index (χ0n) is 20.2. The molecule has 2 atom stereocenters. The Kier molecular flexibility index (Phi) is 5.32. The molecular formula is C28H31FN6O. The van der Waals surface area contributed by atoms with E-state index in [4.69, 9.17) is 4.98 Å². The molecule has 4 aliphatic rings. The molecule has 7 nitrogen and oxygen atoms in total. The van der Waals surface area contributed by atoms with E-state index in [9.17, 15) is 4.79 Å². The minimum atomic E-state index is -0.235. The highest BCUT2D eigenvalue weighted by molar-refractivity contribution is 5.99. The van der Waals surface area contributed by atoms with Crippen molar-refractivity contribution in [3.63, 3.8) is 0 Å². The van der Waals surface area contributed by atoms with Crippen LogP contribution in [0.4, 0.5) is 10.1 Å². The maximum atomic E-state index is 15.6. The first-order chi connectivity index (χ1) is 17.6. The van der Waals surface area contributed by atoms with E-state index >= 15 is 4.39 Å². The van der Waals surface area contributed by atoms with E-state index in [1.165, 1.54) is 0 Å². The van der Waals surface area contributed by atoms with E-state index in [1.807, 2.05) is 30.3 Å². The van der Waals surface area contributed by atoms with Crippen molar-refractivity contribution in [2.45, 2.75) is 44.2 Å². The fourth-order valence-electron chi connectivity index (χ4n) is 6.48. The van der Waals surface area contributed by atoms with Gasteiger partial charge in [0.25, 0.3) is 5.56 Å². The number of imidazole rings is 1. The van der Waals surface area contributed by atoms with Gasteiger partial charge in [-0.15, -0.1) is 0 Å². The molecule has 4 fully saturated rings. The Bertz CT molecular complexity index is 1460. The number of hydrogen-bond donors (Lipinski definition) is 4. The summed E-state index contributed by atoms with van der Waals surface area (Å²) in [6.07, 6.45) is 5.36. The third-order valence-electron chi connectivity index (χ3n) is 8.43. The van der Waals surface area contributed by atoms with E-state index in [0.29, 0.717) is 39.5 Å². The monoisotopic (exact) mass is 486 g/mol. The number of halogens is 1. The van der Waals surface area contributed by atoms with Gasteiger partial charge in [0.05, 0.1) is 22.2 Å². The Morgan fingerprint density at radius 3 is 2.64 bits per heavy atom. The molecule has 2 aromatic carbocycles. The van der Waals surface area contributed by atoms with Crippen LogP contribution < -0.4 is 16.2 Å². The molecule has 1 unspecified atom stereocenters. The second kappa shape index (κ2) is 8.71. The van der Waals surface area contributed by atoms with Crippen molar-refractivity contribution in [1.29, 1.82) is 0 Å². The minimum Gasteiger partial charge on any atom is -0.379 e. The number of nitrogens with zero attached hydrogens (tertiary/aromatic N) is 2. The topological polar surface area (TPSA) is 88.8 Å². The number of benzene rings is 2. The quantitative estimate of drug-likeness (QED) is 0.340. The molecule has 4 aliphatic heterocycles. The molecule has 0 aliphatic carbocycles. The highest BCUT2D eigenvalue weighted by atomic mass is 19.1. The SMILES string of the molecule is O=c1[nH]c2cc(C3CCCCN3)c(F)cc2c(N[C@@H]2CN3CCC2CC3)c1-c1nc2ccccc2[nH]1. The highest BCUT2D eigenvalue weighted by Gasteiger charge is 2.35. The molecule has 4 N–H and O–H groups in total. The number of fused-ring (bicyclic) bond motifs is 5. The molecule has 0 amide bonds. The molecule has 0 radical (unpaired) electrons. The van der Waals surface area contributed by atoms with Crippen molar-refractivity contribution in [3.05, 3.63) is 58.1 Å². The van der Waals surface area contributed by atoms with Gasteiger partial charge in [0.1, 0.15) is 17.2 Å². The number of pyridine rings is 1. The predicted octanol–water partition coefficient (Wildman–Crippen LogP) is 4.53. The fourth-order valence-corrected chi connectivity index (χ4v) is 6.48. The van der Waals surface area contributed by atoms with Gasteiger partial charge in [-0.05, 0) is 75.5 Å². The zero-order chi connectivity index (χ0) is 24.2. The van der Waals surface area contributed by atoms with Crippen LogP contribution in [0.25, 0.3) is 33.3 Å². The Morgan fingerprint density at radius 2 is 1.89 bits per heavy atom. The average molecular weight is 487 g/mol. The molecule has 6 heterocycles. The van der Waals surface area contributed by atoms with E-state index in [0.717, 1.165) is 69.3 Å². The van der Waals surface area contributed by atoms with Gasteiger partial charge >= 0.3 is 0 Å². The summed E-state index contributed by atoms with van der Waals surface area (Å²) in [5.41, 5.74) is 3.85. The Hall–Kier alpha value is -3.23. The third-order valence-corrected chi connectivity index (χ3v) is 8.43. The molecule has 0 spiro atoms. The van der Waals surface area contributed by atoms with Crippen LogP contribution in [-0.4, -0.2) is 52.1 Å². The lowest BCUT2D eigenvalue weighted by molar-refractivity contribution is 0.0976. The summed E-state index contributed by atoms with van der Waals surface area (Å²) in [6.45, 7) is 4.07. The number of rotatable bonds is 4. The van der Waals surface area contributed by atoms with Gasteiger partial charge in [0.2, 0.25) is 0 Å². The van der Waals surface area contributed by atoms with E-state index in [-0.39, 0.29) is 23.5 Å². The van der Waals surface area contributed by atoms with Crippen molar-refractivity contribution in [2.24, 2.45) is 5.92 Å². The van der Waals surface area contributed by atoms with Gasteiger partial charge in [0.15, 0.2) is 0 Å². The lowest BCUT2D eigenvalue weighted by Gasteiger charge is -2.45. The van der Waals surface area contributed by atoms with Crippen LogP contribution in [0.2, 0.25) is 0 Å². The van der Waals surface area contributed by atoms with Crippen molar-refractivity contribution < 1.29 is 4.39 Å². The lowest BCUT2D eigenvalue weighted by Crippen LogP contribution is -2.53. The van der Waals surface area contributed by atoms with Crippen LogP contribution in [-0.2, 0) is 0 Å². The molecule has 4 aromatic rings. The summed E-state index contributed by atoms with van der Waals surface area (Å²) >= 11 is 0. The molecule has 2 bridgehead atoms. The van der Waals surface area contributed by atoms with Gasteiger partial charge < -0.3 is 25.5 Å².